The zero-order valence-corrected chi connectivity index (χ0v) is 11.1. The predicted octanol–water partition coefficient (Wildman–Crippen LogP) is 2.13. The number of amides is 1. The van der Waals surface area contributed by atoms with Crippen molar-refractivity contribution in [3.8, 4) is 0 Å². The van der Waals surface area contributed by atoms with Gasteiger partial charge < -0.3 is 10.1 Å². The highest BCUT2D eigenvalue weighted by atomic mass is 79.9. The molecule has 5 heteroatoms. The van der Waals surface area contributed by atoms with E-state index in [-0.39, 0.29) is 24.8 Å². The summed E-state index contributed by atoms with van der Waals surface area (Å²) in [5.74, 6) is -0.495. The molecule has 1 N–H and O–H groups in total. The number of halogens is 1. The van der Waals surface area contributed by atoms with Crippen molar-refractivity contribution in [1.29, 1.82) is 0 Å². The Bertz CT molecular complexity index is 389. The molecule has 1 aromatic carbocycles. The standard InChI is InChI=1S/C12H14BrNO3/c1-2-17-11(15)7-8-14-12(16)9-3-5-10(13)6-4-9/h3-6H,2,7-8H2,1H3,(H,14,16). The van der Waals surface area contributed by atoms with Crippen molar-refractivity contribution >= 4 is 27.8 Å². The van der Waals surface area contributed by atoms with Gasteiger partial charge in [0.15, 0.2) is 0 Å². The van der Waals surface area contributed by atoms with Crippen molar-refractivity contribution in [3.63, 3.8) is 0 Å². The Morgan fingerprint density at radius 3 is 2.53 bits per heavy atom. The van der Waals surface area contributed by atoms with Gasteiger partial charge >= 0.3 is 5.97 Å². The van der Waals surface area contributed by atoms with E-state index < -0.39 is 0 Å². The summed E-state index contributed by atoms with van der Waals surface area (Å²) in [5, 5.41) is 2.65. The van der Waals surface area contributed by atoms with E-state index >= 15 is 0 Å². The summed E-state index contributed by atoms with van der Waals surface area (Å²) >= 11 is 3.29. The molecule has 1 amide bonds. The molecule has 17 heavy (non-hydrogen) atoms. The van der Waals surface area contributed by atoms with Crippen LogP contribution in [0.1, 0.15) is 23.7 Å². The fourth-order valence-electron chi connectivity index (χ4n) is 1.21. The van der Waals surface area contributed by atoms with Gasteiger partial charge in [0.2, 0.25) is 0 Å². The van der Waals surface area contributed by atoms with Crippen molar-refractivity contribution in [2.45, 2.75) is 13.3 Å². The Kier molecular flexibility index (Phi) is 5.69. The van der Waals surface area contributed by atoms with Gasteiger partial charge in [0.1, 0.15) is 0 Å². The molecule has 0 fully saturated rings. The quantitative estimate of drug-likeness (QED) is 0.848. The van der Waals surface area contributed by atoms with Crippen LogP contribution in [0.5, 0.6) is 0 Å². The third kappa shape index (κ3) is 4.99. The molecule has 0 bridgehead atoms. The maximum Gasteiger partial charge on any atom is 0.307 e. The molecular weight excluding hydrogens is 286 g/mol. The molecule has 1 rings (SSSR count). The number of benzene rings is 1. The molecule has 0 aliphatic heterocycles. The number of ether oxygens (including phenoxy) is 1. The monoisotopic (exact) mass is 299 g/mol. The van der Waals surface area contributed by atoms with Crippen LogP contribution in [0.25, 0.3) is 0 Å². The fourth-order valence-corrected chi connectivity index (χ4v) is 1.48. The Balaban J connectivity index is 2.35. The van der Waals surface area contributed by atoms with Crippen LogP contribution in [0.3, 0.4) is 0 Å². The average molecular weight is 300 g/mol. The highest BCUT2D eigenvalue weighted by Gasteiger charge is 2.06. The topological polar surface area (TPSA) is 55.4 Å². The summed E-state index contributed by atoms with van der Waals surface area (Å²) in [6.07, 6.45) is 0.191. The zero-order valence-electron chi connectivity index (χ0n) is 9.53. The number of nitrogens with one attached hydrogen (secondary N) is 1. The van der Waals surface area contributed by atoms with Gasteiger partial charge in [-0.2, -0.15) is 0 Å². The van der Waals surface area contributed by atoms with E-state index in [2.05, 4.69) is 21.2 Å². The lowest BCUT2D eigenvalue weighted by Gasteiger charge is -2.05. The lowest BCUT2D eigenvalue weighted by molar-refractivity contribution is -0.142. The molecule has 0 aromatic heterocycles. The van der Waals surface area contributed by atoms with Crippen molar-refractivity contribution in [1.82, 2.24) is 5.32 Å². The molecular formula is C12H14BrNO3. The van der Waals surface area contributed by atoms with Gasteiger partial charge in [-0.05, 0) is 31.2 Å². The third-order valence-electron chi connectivity index (χ3n) is 2.03. The summed E-state index contributed by atoms with van der Waals surface area (Å²) in [6.45, 7) is 2.39. The van der Waals surface area contributed by atoms with Crippen LogP contribution < -0.4 is 5.32 Å². The number of carbonyl (C=O) groups excluding carboxylic acids is 2. The second-order valence-corrected chi connectivity index (χ2v) is 4.23. The van der Waals surface area contributed by atoms with E-state index in [1.165, 1.54) is 0 Å². The van der Waals surface area contributed by atoms with Crippen molar-refractivity contribution < 1.29 is 14.3 Å². The summed E-state index contributed by atoms with van der Waals surface area (Å²) in [4.78, 5) is 22.6. The molecule has 0 radical (unpaired) electrons. The first kappa shape index (κ1) is 13.7. The minimum absolute atomic E-state index is 0.191. The second-order valence-electron chi connectivity index (χ2n) is 3.32. The van der Waals surface area contributed by atoms with Gasteiger partial charge in [-0.3, -0.25) is 9.59 Å². The lowest BCUT2D eigenvalue weighted by Crippen LogP contribution is -2.26. The van der Waals surface area contributed by atoms with Crippen LogP contribution >= 0.6 is 15.9 Å². The van der Waals surface area contributed by atoms with Gasteiger partial charge in [-0.25, -0.2) is 0 Å². The van der Waals surface area contributed by atoms with Crippen molar-refractivity contribution in [3.05, 3.63) is 34.3 Å². The van der Waals surface area contributed by atoms with Crippen LogP contribution in [-0.2, 0) is 9.53 Å². The molecule has 0 saturated heterocycles. The van der Waals surface area contributed by atoms with Crippen LogP contribution in [-0.4, -0.2) is 25.0 Å². The first-order valence-corrected chi connectivity index (χ1v) is 6.12. The SMILES string of the molecule is CCOC(=O)CCNC(=O)c1ccc(Br)cc1. The molecule has 0 heterocycles. The molecule has 0 saturated carbocycles. The summed E-state index contributed by atoms with van der Waals surface area (Å²) < 4.78 is 5.67. The highest BCUT2D eigenvalue weighted by Crippen LogP contribution is 2.10. The minimum Gasteiger partial charge on any atom is -0.466 e. The number of esters is 1. The smallest absolute Gasteiger partial charge is 0.307 e. The Morgan fingerprint density at radius 2 is 1.94 bits per heavy atom. The van der Waals surface area contributed by atoms with E-state index in [4.69, 9.17) is 4.74 Å². The molecule has 0 spiro atoms. The summed E-state index contributed by atoms with van der Waals surface area (Å²) in [7, 11) is 0. The predicted molar refractivity (Wildman–Crippen MR) is 67.7 cm³/mol. The fraction of sp³-hybridized carbons (Fsp3) is 0.333. The van der Waals surface area contributed by atoms with E-state index in [1.807, 2.05) is 0 Å². The maximum atomic E-state index is 11.6. The zero-order chi connectivity index (χ0) is 12.7. The Morgan fingerprint density at radius 1 is 1.29 bits per heavy atom. The van der Waals surface area contributed by atoms with E-state index in [0.29, 0.717) is 12.2 Å². The second kappa shape index (κ2) is 7.06. The van der Waals surface area contributed by atoms with E-state index in [0.717, 1.165) is 4.47 Å². The van der Waals surface area contributed by atoms with Crippen LogP contribution in [0.15, 0.2) is 28.7 Å². The normalized spacial score (nSPS) is 9.76. The third-order valence-corrected chi connectivity index (χ3v) is 2.56. The number of hydrogen-bond donors (Lipinski definition) is 1. The van der Waals surface area contributed by atoms with Crippen molar-refractivity contribution in [2.75, 3.05) is 13.2 Å². The Labute approximate surface area is 108 Å². The maximum absolute atomic E-state index is 11.6. The molecule has 0 unspecified atom stereocenters. The molecule has 0 atom stereocenters. The number of rotatable bonds is 5. The largest absolute Gasteiger partial charge is 0.466 e. The molecule has 92 valence electrons. The van der Waals surface area contributed by atoms with Gasteiger partial charge in [-0.1, -0.05) is 15.9 Å². The van der Waals surface area contributed by atoms with Crippen LogP contribution in [0.2, 0.25) is 0 Å². The van der Waals surface area contributed by atoms with E-state index in [9.17, 15) is 9.59 Å². The Hall–Kier alpha value is -1.36. The molecule has 0 aliphatic carbocycles. The first-order valence-electron chi connectivity index (χ1n) is 5.33. The summed E-state index contributed by atoms with van der Waals surface area (Å²) in [5.41, 5.74) is 0.567. The average Bonchev–Trinajstić information content (AvgIpc) is 2.30. The first-order chi connectivity index (χ1) is 8.13. The molecule has 4 nitrogen and oxygen atoms in total. The van der Waals surface area contributed by atoms with E-state index in [1.54, 1.807) is 31.2 Å². The summed E-state index contributed by atoms with van der Waals surface area (Å²) in [6, 6.07) is 7.01. The van der Waals surface area contributed by atoms with Gasteiger partial charge in [-0.15, -0.1) is 0 Å². The lowest BCUT2D eigenvalue weighted by atomic mass is 10.2. The van der Waals surface area contributed by atoms with Crippen molar-refractivity contribution in [2.24, 2.45) is 0 Å². The highest BCUT2D eigenvalue weighted by molar-refractivity contribution is 9.10. The number of carbonyl (C=O) groups is 2. The molecule has 1 aromatic rings. The van der Waals surface area contributed by atoms with Gasteiger partial charge in [0, 0.05) is 16.6 Å². The van der Waals surface area contributed by atoms with Crippen LogP contribution in [0.4, 0.5) is 0 Å². The molecule has 0 aliphatic rings. The van der Waals surface area contributed by atoms with Crippen LogP contribution in [0, 0.1) is 0 Å². The van der Waals surface area contributed by atoms with Gasteiger partial charge in [0.05, 0.1) is 13.0 Å². The number of hydrogen-bond acceptors (Lipinski definition) is 3. The minimum atomic E-state index is -0.302. The van der Waals surface area contributed by atoms with Gasteiger partial charge in [0.25, 0.3) is 5.91 Å².